The summed E-state index contributed by atoms with van der Waals surface area (Å²) in [6.45, 7) is 5.65. The number of ether oxygens (including phenoxy) is 2. The van der Waals surface area contributed by atoms with Crippen LogP contribution in [0.15, 0.2) is 0 Å². The predicted molar refractivity (Wildman–Crippen MR) is 52.0 cm³/mol. The van der Waals surface area contributed by atoms with Gasteiger partial charge in [0.1, 0.15) is 0 Å². The first kappa shape index (κ1) is 10.4. The van der Waals surface area contributed by atoms with Gasteiger partial charge in [0.15, 0.2) is 6.29 Å². The Morgan fingerprint density at radius 2 is 1.93 bits per heavy atom. The van der Waals surface area contributed by atoms with E-state index in [1.165, 1.54) is 0 Å². The molecule has 2 fully saturated rings. The van der Waals surface area contributed by atoms with Gasteiger partial charge in [-0.15, -0.1) is 0 Å². The molecule has 2 heterocycles. The molecular weight excluding hydrogens is 182 g/mol. The van der Waals surface area contributed by atoms with Crippen molar-refractivity contribution in [3.63, 3.8) is 0 Å². The summed E-state index contributed by atoms with van der Waals surface area (Å²) in [7, 11) is 0. The largest absolute Gasteiger partial charge is 0.379 e. The molecule has 82 valence electrons. The highest BCUT2D eigenvalue weighted by Crippen LogP contribution is 2.23. The molecule has 4 nitrogen and oxygen atoms in total. The van der Waals surface area contributed by atoms with Crippen LogP contribution >= 0.6 is 0 Å². The van der Waals surface area contributed by atoms with Crippen LogP contribution in [0.4, 0.5) is 0 Å². The fourth-order valence-corrected chi connectivity index (χ4v) is 2.33. The summed E-state index contributed by atoms with van der Waals surface area (Å²) in [4.78, 5) is 2.41. The number of morpholine rings is 1. The molecule has 0 bridgehead atoms. The van der Waals surface area contributed by atoms with Gasteiger partial charge in [0.25, 0.3) is 0 Å². The molecular formula is C10H19NO3. The van der Waals surface area contributed by atoms with Gasteiger partial charge < -0.3 is 14.6 Å². The van der Waals surface area contributed by atoms with Crippen molar-refractivity contribution in [3.05, 3.63) is 0 Å². The van der Waals surface area contributed by atoms with Crippen LogP contribution < -0.4 is 0 Å². The lowest BCUT2D eigenvalue weighted by Gasteiger charge is -2.40. The van der Waals surface area contributed by atoms with Crippen molar-refractivity contribution < 1.29 is 14.6 Å². The molecule has 0 aliphatic carbocycles. The normalized spacial score (nSPS) is 41.1. The second-order valence-corrected chi connectivity index (χ2v) is 4.17. The van der Waals surface area contributed by atoms with Crippen molar-refractivity contribution in [2.24, 2.45) is 0 Å². The van der Waals surface area contributed by atoms with E-state index >= 15 is 0 Å². The van der Waals surface area contributed by atoms with Crippen LogP contribution in [0.1, 0.15) is 19.8 Å². The zero-order valence-corrected chi connectivity index (χ0v) is 8.69. The first-order valence-electron chi connectivity index (χ1n) is 5.41. The summed E-state index contributed by atoms with van der Waals surface area (Å²) < 4.78 is 10.6. The third kappa shape index (κ3) is 2.45. The van der Waals surface area contributed by atoms with Gasteiger partial charge in [-0.05, 0) is 13.3 Å². The molecule has 0 aromatic rings. The number of nitrogens with zero attached hydrogens (tertiary/aromatic N) is 1. The van der Waals surface area contributed by atoms with E-state index in [0.29, 0.717) is 6.04 Å². The van der Waals surface area contributed by atoms with Crippen LogP contribution in [-0.4, -0.2) is 54.7 Å². The zero-order chi connectivity index (χ0) is 9.97. The number of rotatable bonds is 1. The topological polar surface area (TPSA) is 41.9 Å². The minimum Gasteiger partial charge on any atom is -0.379 e. The van der Waals surface area contributed by atoms with Gasteiger partial charge in [0.05, 0.1) is 19.3 Å². The van der Waals surface area contributed by atoms with Crippen molar-refractivity contribution in [1.82, 2.24) is 4.90 Å². The second kappa shape index (κ2) is 4.57. The lowest BCUT2D eigenvalue weighted by molar-refractivity contribution is -0.179. The van der Waals surface area contributed by atoms with Gasteiger partial charge in [-0.2, -0.15) is 0 Å². The number of aliphatic hydroxyl groups is 1. The Kier molecular flexibility index (Phi) is 3.38. The van der Waals surface area contributed by atoms with E-state index in [-0.39, 0.29) is 6.10 Å². The molecule has 1 unspecified atom stereocenters. The molecule has 0 radical (unpaired) electrons. The van der Waals surface area contributed by atoms with Crippen LogP contribution in [0.5, 0.6) is 0 Å². The molecule has 0 spiro atoms. The summed E-state index contributed by atoms with van der Waals surface area (Å²) >= 11 is 0. The number of hydrogen-bond donors (Lipinski definition) is 1. The highest BCUT2D eigenvalue weighted by atomic mass is 16.6. The molecule has 14 heavy (non-hydrogen) atoms. The standard InChI is InChI=1S/C10H19NO3/c1-8-6-9(7-10(12)14-8)11-2-4-13-5-3-11/h8-10,12H,2-7H2,1H3/t8-,9?,10+/m0/s1. The van der Waals surface area contributed by atoms with Crippen LogP contribution in [0.25, 0.3) is 0 Å². The molecule has 0 aromatic carbocycles. The predicted octanol–water partition coefficient (Wildman–Crippen LogP) is 0.204. The monoisotopic (exact) mass is 201 g/mol. The molecule has 2 aliphatic heterocycles. The number of aliphatic hydroxyl groups excluding tert-OH is 1. The van der Waals surface area contributed by atoms with Crippen molar-refractivity contribution in [2.45, 2.75) is 38.2 Å². The van der Waals surface area contributed by atoms with Gasteiger partial charge in [0.2, 0.25) is 0 Å². The first-order valence-corrected chi connectivity index (χ1v) is 5.41. The Morgan fingerprint density at radius 1 is 1.21 bits per heavy atom. The van der Waals surface area contributed by atoms with Crippen molar-refractivity contribution in [3.8, 4) is 0 Å². The summed E-state index contributed by atoms with van der Waals surface area (Å²) in [6.07, 6.45) is 1.36. The second-order valence-electron chi connectivity index (χ2n) is 4.17. The molecule has 3 atom stereocenters. The molecule has 0 aromatic heterocycles. The molecule has 2 aliphatic rings. The third-order valence-corrected chi connectivity index (χ3v) is 3.03. The highest BCUT2D eigenvalue weighted by Gasteiger charge is 2.30. The highest BCUT2D eigenvalue weighted by molar-refractivity contribution is 4.80. The molecule has 2 rings (SSSR count). The van der Waals surface area contributed by atoms with E-state index in [2.05, 4.69) is 4.90 Å². The maximum Gasteiger partial charge on any atom is 0.156 e. The molecule has 0 amide bonds. The minimum absolute atomic E-state index is 0.173. The van der Waals surface area contributed by atoms with E-state index in [1.54, 1.807) is 0 Å². The van der Waals surface area contributed by atoms with Gasteiger partial charge in [-0.3, -0.25) is 4.90 Å². The SMILES string of the molecule is C[C@H]1CC(N2CCOCC2)C[C@H](O)O1. The quantitative estimate of drug-likeness (QED) is 0.658. The van der Waals surface area contributed by atoms with Crippen LogP contribution in [0, 0.1) is 0 Å². The summed E-state index contributed by atoms with van der Waals surface area (Å²) in [5.74, 6) is 0. The minimum atomic E-state index is -0.577. The lowest BCUT2D eigenvalue weighted by Crippen LogP contribution is -2.49. The smallest absolute Gasteiger partial charge is 0.156 e. The molecule has 4 heteroatoms. The van der Waals surface area contributed by atoms with Gasteiger partial charge in [0, 0.05) is 25.6 Å². The summed E-state index contributed by atoms with van der Waals surface area (Å²) in [6, 6.07) is 0.470. The van der Waals surface area contributed by atoms with Gasteiger partial charge in [-0.25, -0.2) is 0 Å². The van der Waals surface area contributed by atoms with Crippen molar-refractivity contribution in [2.75, 3.05) is 26.3 Å². The fraction of sp³-hybridized carbons (Fsp3) is 1.00. The third-order valence-electron chi connectivity index (χ3n) is 3.03. The summed E-state index contributed by atoms with van der Waals surface area (Å²) in [5.41, 5.74) is 0. The Hall–Kier alpha value is -0.160. The fourth-order valence-electron chi connectivity index (χ4n) is 2.33. The van der Waals surface area contributed by atoms with Crippen LogP contribution in [0.3, 0.4) is 0 Å². The maximum atomic E-state index is 9.50. The van der Waals surface area contributed by atoms with E-state index in [4.69, 9.17) is 9.47 Å². The maximum absolute atomic E-state index is 9.50. The summed E-state index contributed by atoms with van der Waals surface area (Å²) in [5, 5.41) is 9.50. The Bertz CT molecular complexity index is 172. The molecule has 2 saturated heterocycles. The average Bonchev–Trinajstić information content (AvgIpc) is 2.18. The Labute approximate surface area is 84.8 Å². The van der Waals surface area contributed by atoms with E-state index in [0.717, 1.165) is 39.1 Å². The zero-order valence-electron chi connectivity index (χ0n) is 8.69. The molecule has 1 N–H and O–H groups in total. The van der Waals surface area contributed by atoms with Crippen molar-refractivity contribution >= 4 is 0 Å². The Morgan fingerprint density at radius 3 is 2.57 bits per heavy atom. The van der Waals surface area contributed by atoms with Gasteiger partial charge >= 0.3 is 0 Å². The van der Waals surface area contributed by atoms with Gasteiger partial charge in [-0.1, -0.05) is 0 Å². The average molecular weight is 201 g/mol. The van der Waals surface area contributed by atoms with Crippen LogP contribution in [0.2, 0.25) is 0 Å². The van der Waals surface area contributed by atoms with E-state index in [1.807, 2.05) is 6.92 Å². The Balaban J connectivity index is 1.88. The lowest BCUT2D eigenvalue weighted by atomic mass is 10.0. The first-order chi connectivity index (χ1) is 6.75. The molecule has 0 saturated carbocycles. The van der Waals surface area contributed by atoms with Crippen molar-refractivity contribution in [1.29, 1.82) is 0 Å². The number of hydrogen-bond acceptors (Lipinski definition) is 4. The van der Waals surface area contributed by atoms with E-state index < -0.39 is 6.29 Å². The van der Waals surface area contributed by atoms with E-state index in [9.17, 15) is 5.11 Å². The van der Waals surface area contributed by atoms with Crippen LogP contribution in [-0.2, 0) is 9.47 Å².